The number of hydrogen-bond donors (Lipinski definition) is 1. The quantitative estimate of drug-likeness (QED) is 0.795. The van der Waals surface area contributed by atoms with E-state index < -0.39 is 0 Å². The molecule has 0 aromatic heterocycles. The number of likely N-dealkylation sites (tertiary alicyclic amines) is 1. The molecule has 2 rings (SSSR count). The highest BCUT2D eigenvalue weighted by Gasteiger charge is 2.27. The predicted molar refractivity (Wildman–Crippen MR) is 69.4 cm³/mol. The summed E-state index contributed by atoms with van der Waals surface area (Å²) >= 11 is 0. The Hall–Kier alpha value is -0.0800. The second kappa shape index (κ2) is 6.02. The standard InChI is InChI=1S/C14H28N2/c1-2-5-12-8-9-16(10-12)11-13-6-3-4-7-14(13)15/h12-14H,2-11,15H2,1H3. The maximum atomic E-state index is 6.22. The molecule has 3 unspecified atom stereocenters. The van der Waals surface area contributed by atoms with Gasteiger partial charge in [0.25, 0.3) is 0 Å². The minimum atomic E-state index is 0.485. The minimum absolute atomic E-state index is 0.485. The van der Waals surface area contributed by atoms with E-state index in [0.29, 0.717) is 6.04 Å². The van der Waals surface area contributed by atoms with Gasteiger partial charge in [-0.25, -0.2) is 0 Å². The van der Waals surface area contributed by atoms with Gasteiger partial charge in [-0.1, -0.05) is 26.2 Å². The van der Waals surface area contributed by atoms with Crippen LogP contribution in [-0.2, 0) is 0 Å². The third kappa shape index (κ3) is 3.21. The monoisotopic (exact) mass is 224 g/mol. The van der Waals surface area contributed by atoms with Crippen LogP contribution in [0, 0.1) is 11.8 Å². The Labute approximate surface area is 101 Å². The Bertz CT molecular complexity index is 205. The van der Waals surface area contributed by atoms with Crippen molar-refractivity contribution in [2.45, 2.75) is 57.9 Å². The van der Waals surface area contributed by atoms with Crippen LogP contribution < -0.4 is 5.73 Å². The van der Waals surface area contributed by atoms with Gasteiger partial charge in [-0.2, -0.15) is 0 Å². The lowest BCUT2D eigenvalue weighted by Gasteiger charge is -2.32. The van der Waals surface area contributed by atoms with Crippen molar-refractivity contribution in [3.8, 4) is 0 Å². The molecule has 0 aromatic carbocycles. The van der Waals surface area contributed by atoms with Gasteiger partial charge in [0.15, 0.2) is 0 Å². The number of hydrogen-bond acceptors (Lipinski definition) is 2. The smallest absolute Gasteiger partial charge is 0.00793 e. The van der Waals surface area contributed by atoms with Crippen LogP contribution >= 0.6 is 0 Å². The fraction of sp³-hybridized carbons (Fsp3) is 1.00. The van der Waals surface area contributed by atoms with E-state index in [4.69, 9.17) is 5.73 Å². The van der Waals surface area contributed by atoms with E-state index in [2.05, 4.69) is 11.8 Å². The number of rotatable bonds is 4. The fourth-order valence-corrected chi connectivity index (χ4v) is 3.52. The first kappa shape index (κ1) is 12.4. The van der Waals surface area contributed by atoms with Crippen molar-refractivity contribution in [2.75, 3.05) is 19.6 Å². The SMILES string of the molecule is CCCC1CCN(CC2CCCCC2N)C1. The third-order valence-electron chi connectivity index (χ3n) is 4.53. The Morgan fingerprint density at radius 3 is 2.75 bits per heavy atom. The first-order valence-electron chi connectivity index (χ1n) is 7.27. The summed E-state index contributed by atoms with van der Waals surface area (Å²) in [6.07, 6.45) is 9.60. The van der Waals surface area contributed by atoms with E-state index in [-0.39, 0.29) is 0 Å². The molecular weight excluding hydrogens is 196 g/mol. The van der Waals surface area contributed by atoms with Gasteiger partial charge in [-0.05, 0) is 44.1 Å². The highest BCUT2D eigenvalue weighted by atomic mass is 15.1. The highest BCUT2D eigenvalue weighted by Crippen LogP contribution is 2.27. The second-order valence-corrected chi connectivity index (χ2v) is 5.91. The molecule has 2 nitrogen and oxygen atoms in total. The molecule has 94 valence electrons. The summed E-state index contributed by atoms with van der Waals surface area (Å²) in [5.74, 6) is 1.76. The zero-order valence-electron chi connectivity index (χ0n) is 10.8. The van der Waals surface area contributed by atoms with E-state index in [1.165, 1.54) is 64.6 Å². The molecule has 1 aliphatic heterocycles. The first-order valence-corrected chi connectivity index (χ1v) is 7.27. The summed E-state index contributed by atoms with van der Waals surface area (Å²) in [5.41, 5.74) is 6.22. The molecule has 2 aliphatic rings. The molecule has 0 spiro atoms. The molecule has 0 radical (unpaired) electrons. The van der Waals surface area contributed by atoms with Crippen LogP contribution in [0.4, 0.5) is 0 Å². The predicted octanol–water partition coefficient (Wildman–Crippen LogP) is 2.63. The molecule has 2 fully saturated rings. The van der Waals surface area contributed by atoms with Crippen LogP contribution in [0.3, 0.4) is 0 Å². The van der Waals surface area contributed by atoms with Crippen LogP contribution in [0.25, 0.3) is 0 Å². The zero-order valence-corrected chi connectivity index (χ0v) is 10.8. The van der Waals surface area contributed by atoms with Crippen molar-refractivity contribution in [2.24, 2.45) is 17.6 Å². The van der Waals surface area contributed by atoms with Gasteiger partial charge in [-0.15, -0.1) is 0 Å². The molecule has 1 saturated heterocycles. The molecule has 1 aliphatic carbocycles. The summed E-state index contributed by atoms with van der Waals surface area (Å²) in [5, 5.41) is 0. The van der Waals surface area contributed by atoms with Gasteiger partial charge in [-0.3, -0.25) is 0 Å². The molecular formula is C14H28N2. The van der Waals surface area contributed by atoms with Crippen LogP contribution in [0.1, 0.15) is 51.9 Å². The van der Waals surface area contributed by atoms with E-state index in [1.54, 1.807) is 0 Å². The van der Waals surface area contributed by atoms with Crippen LogP contribution in [-0.4, -0.2) is 30.6 Å². The van der Waals surface area contributed by atoms with E-state index in [9.17, 15) is 0 Å². The van der Waals surface area contributed by atoms with Crippen LogP contribution in [0.15, 0.2) is 0 Å². The van der Waals surface area contributed by atoms with Gasteiger partial charge in [0.05, 0.1) is 0 Å². The summed E-state index contributed by atoms with van der Waals surface area (Å²) in [6.45, 7) is 6.26. The van der Waals surface area contributed by atoms with E-state index >= 15 is 0 Å². The summed E-state index contributed by atoms with van der Waals surface area (Å²) < 4.78 is 0. The van der Waals surface area contributed by atoms with Crippen LogP contribution in [0.2, 0.25) is 0 Å². The lowest BCUT2D eigenvalue weighted by atomic mass is 9.85. The van der Waals surface area contributed by atoms with Gasteiger partial charge in [0.2, 0.25) is 0 Å². The fourth-order valence-electron chi connectivity index (χ4n) is 3.52. The van der Waals surface area contributed by atoms with E-state index in [0.717, 1.165) is 11.8 Å². The molecule has 2 heteroatoms. The Morgan fingerprint density at radius 2 is 2.00 bits per heavy atom. The second-order valence-electron chi connectivity index (χ2n) is 5.91. The molecule has 1 heterocycles. The lowest BCUT2D eigenvalue weighted by Crippen LogP contribution is -2.40. The van der Waals surface area contributed by atoms with Crippen molar-refractivity contribution < 1.29 is 0 Å². The third-order valence-corrected chi connectivity index (χ3v) is 4.53. The van der Waals surface area contributed by atoms with Gasteiger partial charge < -0.3 is 10.6 Å². The first-order chi connectivity index (χ1) is 7.79. The molecule has 3 atom stereocenters. The van der Waals surface area contributed by atoms with Crippen LogP contribution in [0.5, 0.6) is 0 Å². The van der Waals surface area contributed by atoms with Crippen molar-refractivity contribution >= 4 is 0 Å². The van der Waals surface area contributed by atoms with Gasteiger partial charge >= 0.3 is 0 Å². The van der Waals surface area contributed by atoms with Crippen molar-refractivity contribution in [1.82, 2.24) is 4.90 Å². The van der Waals surface area contributed by atoms with Gasteiger partial charge in [0.1, 0.15) is 0 Å². The van der Waals surface area contributed by atoms with E-state index in [1.807, 2.05) is 0 Å². The van der Waals surface area contributed by atoms with Gasteiger partial charge in [0, 0.05) is 19.1 Å². The lowest BCUT2D eigenvalue weighted by molar-refractivity contribution is 0.206. The molecule has 1 saturated carbocycles. The zero-order chi connectivity index (χ0) is 11.4. The Morgan fingerprint density at radius 1 is 1.19 bits per heavy atom. The van der Waals surface area contributed by atoms with Crippen molar-refractivity contribution in [3.05, 3.63) is 0 Å². The van der Waals surface area contributed by atoms with Crippen molar-refractivity contribution in [3.63, 3.8) is 0 Å². The molecule has 0 aromatic rings. The maximum absolute atomic E-state index is 6.22. The molecule has 0 bridgehead atoms. The largest absolute Gasteiger partial charge is 0.327 e. The molecule has 0 amide bonds. The topological polar surface area (TPSA) is 29.3 Å². The highest BCUT2D eigenvalue weighted by molar-refractivity contribution is 4.83. The average molecular weight is 224 g/mol. The summed E-state index contributed by atoms with van der Waals surface area (Å²) in [7, 11) is 0. The summed E-state index contributed by atoms with van der Waals surface area (Å²) in [6, 6.07) is 0.485. The molecule has 2 N–H and O–H groups in total. The molecule has 16 heavy (non-hydrogen) atoms. The Kier molecular flexibility index (Phi) is 4.66. The number of nitrogens with zero attached hydrogens (tertiary/aromatic N) is 1. The van der Waals surface area contributed by atoms with Crippen molar-refractivity contribution in [1.29, 1.82) is 0 Å². The summed E-state index contributed by atoms with van der Waals surface area (Å²) in [4.78, 5) is 2.68. The minimum Gasteiger partial charge on any atom is -0.327 e. The number of nitrogens with two attached hydrogens (primary N) is 1. The average Bonchev–Trinajstić information content (AvgIpc) is 2.70. The normalized spacial score (nSPS) is 36.8. The maximum Gasteiger partial charge on any atom is 0.00793 e. The Balaban J connectivity index is 1.73.